The minimum atomic E-state index is -0.888. The van der Waals surface area contributed by atoms with E-state index in [0.717, 1.165) is 0 Å². The quantitative estimate of drug-likeness (QED) is 0.205. The van der Waals surface area contributed by atoms with Crippen LogP contribution in [0.4, 0.5) is 0 Å². The summed E-state index contributed by atoms with van der Waals surface area (Å²) in [5, 5.41) is 18.0. The number of carbonyl (C=O) groups is 3. The van der Waals surface area contributed by atoms with Crippen molar-refractivity contribution in [2.75, 3.05) is 34.0 Å². The fraction of sp³-hybridized carbons (Fsp3) is 0.591. The van der Waals surface area contributed by atoms with E-state index < -0.39 is 11.9 Å². The monoisotopic (exact) mass is 438 g/mol. The van der Waals surface area contributed by atoms with Gasteiger partial charge in [-0.2, -0.15) is 0 Å². The van der Waals surface area contributed by atoms with Crippen LogP contribution in [-0.2, 0) is 14.3 Å². The van der Waals surface area contributed by atoms with Crippen molar-refractivity contribution in [3.8, 4) is 17.2 Å². The van der Waals surface area contributed by atoms with Crippen LogP contribution in [0, 0.1) is 11.8 Å². The van der Waals surface area contributed by atoms with E-state index in [-0.39, 0.29) is 55.2 Å². The zero-order chi connectivity index (χ0) is 22.8. The lowest BCUT2D eigenvalue weighted by Crippen LogP contribution is -2.33. The number of carbonyl (C=O) groups excluding carboxylic acids is 3. The van der Waals surface area contributed by atoms with Crippen molar-refractivity contribution in [1.29, 1.82) is 0 Å². The average molecular weight is 438 g/mol. The summed E-state index contributed by atoms with van der Waals surface area (Å²) in [5.74, 6) is -1.52. The zero-order valence-electron chi connectivity index (χ0n) is 17.9. The maximum absolute atomic E-state index is 12.8. The molecule has 0 bridgehead atoms. The lowest BCUT2D eigenvalue weighted by molar-refractivity contribution is -0.146. The highest BCUT2D eigenvalue weighted by molar-refractivity contribution is 6.13. The van der Waals surface area contributed by atoms with E-state index in [4.69, 9.17) is 29.2 Å². The molecule has 31 heavy (non-hydrogen) atoms. The smallest absolute Gasteiger partial charge is 0.322 e. The van der Waals surface area contributed by atoms with Gasteiger partial charge in [0, 0.05) is 31.6 Å². The highest BCUT2D eigenvalue weighted by Gasteiger charge is 2.37. The molecule has 2 N–H and O–H groups in total. The van der Waals surface area contributed by atoms with Crippen LogP contribution in [0.5, 0.6) is 17.2 Å². The molecule has 0 radical (unpaired) electrons. The van der Waals surface area contributed by atoms with Gasteiger partial charge >= 0.3 is 11.9 Å². The van der Waals surface area contributed by atoms with Gasteiger partial charge in [0.25, 0.3) is 0 Å². The second kappa shape index (κ2) is 12.3. The Labute approximate surface area is 181 Å². The molecule has 0 aromatic heterocycles. The number of hydrogen-bond acceptors (Lipinski definition) is 9. The molecule has 1 aromatic carbocycles. The van der Waals surface area contributed by atoms with Gasteiger partial charge in [-0.15, -0.1) is 0 Å². The van der Waals surface area contributed by atoms with Crippen LogP contribution in [0.3, 0.4) is 0 Å². The molecule has 1 aromatic rings. The molecule has 172 valence electrons. The van der Waals surface area contributed by atoms with Gasteiger partial charge < -0.3 is 29.2 Å². The van der Waals surface area contributed by atoms with Crippen molar-refractivity contribution in [3.63, 3.8) is 0 Å². The van der Waals surface area contributed by atoms with Crippen LogP contribution in [0.15, 0.2) is 12.1 Å². The Morgan fingerprint density at radius 1 is 1.10 bits per heavy atom. The van der Waals surface area contributed by atoms with Crippen LogP contribution in [-0.4, -0.2) is 62.0 Å². The van der Waals surface area contributed by atoms with Crippen LogP contribution < -0.4 is 14.2 Å². The lowest BCUT2D eigenvalue weighted by Gasteiger charge is -2.23. The number of rotatable bonds is 13. The van der Waals surface area contributed by atoms with Crippen molar-refractivity contribution >= 4 is 17.7 Å². The number of Topliss-reactive ketones (excluding diaryl/α,β-unsaturated/α-hetero) is 1. The van der Waals surface area contributed by atoms with E-state index in [0.29, 0.717) is 43.6 Å². The minimum absolute atomic E-state index is 0.0735. The summed E-state index contributed by atoms with van der Waals surface area (Å²) in [6.45, 7) is -0.150. The Morgan fingerprint density at radius 3 is 2.45 bits per heavy atom. The molecule has 1 aliphatic heterocycles. The molecule has 2 unspecified atom stereocenters. The maximum atomic E-state index is 12.8. The van der Waals surface area contributed by atoms with E-state index in [2.05, 4.69) is 0 Å². The van der Waals surface area contributed by atoms with Gasteiger partial charge in [-0.25, -0.2) is 0 Å². The van der Waals surface area contributed by atoms with Crippen molar-refractivity contribution in [1.82, 2.24) is 0 Å². The number of hydrogen-bond donors (Lipinski definition) is 2. The fourth-order valence-electron chi connectivity index (χ4n) is 3.35. The third-order valence-electron chi connectivity index (χ3n) is 5.21. The topological polar surface area (TPSA) is 129 Å². The third-order valence-corrected chi connectivity index (χ3v) is 5.21. The van der Waals surface area contributed by atoms with E-state index in [1.807, 2.05) is 0 Å². The minimum Gasteiger partial charge on any atom is -0.493 e. The molecule has 1 heterocycles. The van der Waals surface area contributed by atoms with Crippen molar-refractivity contribution in [2.45, 2.75) is 38.5 Å². The number of benzene rings is 1. The molecule has 0 amide bonds. The van der Waals surface area contributed by atoms with Crippen LogP contribution in [0.25, 0.3) is 0 Å². The second-order valence-corrected chi connectivity index (χ2v) is 7.38. The first kappa shape index (κ1) is 24.6. The summed E-state index contributed by atoms with van der Waals surface area (Å²) < 4.78 is 20.8. The summed E-state index contributed by atoms with van der Waals surface area (Å²) in [4.78, 5) is 36.9. The number of esters is 2. The van der Waals surface area contributed by atoms with Gasteiger partial charge in [0.05, 0.1) is 26.4 Å². The predicted octanol–water partition coefficient (Wildman–Crippen LogP) is 1.91. The molecular formula is C22H30O9. The van der Waals surface area contributed by atoms with Gasteiger partial charge in [-0.1, -0.05) is 12.8 Å². The first-order valence-electron chi connectivity index (χ1n) is 10.3. The van der Waals surface area contributed by atoms with E-state index in [1.54, 1.807) is 0 Å². The van der Waals surface area contributed by atoms with E-state index in [1.165, 1.54) is 26.4 Å². The molecule has 2 atom stereocenters. The number of aliphatic hydroxyl groups is 2. The third kappa shape index (κ3) is 6.67. The number of unbranched alkanes of at least 4 members (excludes halogenated alkanes) is 2. The number of ether oxygens (including phenoxy) is 4. The summed E-state index contributed by atoms with van der Waals surface area (Å²) >= 11 is 0. The molecule has 0 fully saturated rings. The first-order chi connectivity index (χ1) is 14.9. The Kier molecular flexibility index (Phi) is 9.74. The molecule has 0 saturated heterocycles. The van der Waals surface area contributed by atoms with E-state index in [9.17, 15) is 14.4 Å². The summed E-state index contributed by atoms with van der Waals surface area (Å²) in [5.41, 5.74) is 0.284. The van der Waals surface area contributed by atoms with Gasteiger partial charge in [-0.3, -0.25) is 14.4 Å². The Hall–Kier alpha value is -2.65. The zero-order valence-corrected chi connectivity index (χ0v) is 17.9. The normalized spacial score (nSPS) is 16.3. The van der Waals surface area contributed by atoms with Crippen molar-refractivity contribution in [3.05, 3.63) is 17.7 Å². The SMILES string of the molecule is COc1cc2c(cc1OC)C(=O)C(CCCCCC(=O)OCC(CO)CCO)C(=O)O2. The van der Waals surface area contributed by atoms with Gasteiger partial charge in [-0.05, 0) is 25.3 Å². The standard InChI is InChI=1S/C22H30O9/c1-28-18-10-16-17(11-19(18)29-2)31-22(27)15(21(16)26)6-4-3-5-7-20(25)30-13-14(12-24)8-9-23/h10-11,14-15,23-24H,3-9,12-13H2,1-2H3. The summed E-state index contributed by atoms with van der Waals surface area (Å²) in [7, 11) is 2.91. The highest BCUT2D eigenvalue weighted by Crippen LogP contribution is 2.39. The largest absolute Gasteiger partial charge is 0.493 e. The molecule has 0 aliphatic carbocycles. The van der Waals surface area contributed by atoms with Gasteiger partial charge in [0.15, 0.2) is 17.3 Å². The maximum Gasteiger partial charge on any atom is 0.322 e. The predicted molar refractivity (Wildman–Crippen MR) is 109 cm³/mol. The number of fused-ring (bicyclic) bond motifs is 1. The highest BCUT2D eigenvalue weighted by atomic mass is 16.5. The molecule has 1 aliphatic rings. The second-order valence-electron chi connectivity index (χ2n) is 7.38. The van der Waals surface area contributed by atoms with Crippen LogP contribution >= 0.6 is 0 Å². The summed E-state index contributed by atoms with van der Waals surface area (Å²) in [6.07, 6.45) is 2.68. The number of methoxy groups -OCH3 is 2. The Bertz CT molecular complexity index is 774. The Balaban J connectivity index is 1.80. The first-order valence-corrected chi connectivity index (χ1v) is 10.3. The molecule has 9 nitrogen and oxygen atoms in total. The summed E-state index contributed by atoms with van der Waals surface area (Å²) in [6, 6.07) is 2.98. The van der Waals surface area contributed by atoms with Crippen LogP contribution in [0.1, 0.15) is 48.9 Å². The molecular weight excluding hydrogens is 408 g/mol. The van der Waals surface area contributed by atoms with Gasteiger partial charge in [0.1, 0.15) is 11.7 Å². The molecule has 9 heteroatoms. The molecule has 2 rings (SSSR count). The molecule has 0 spiro atoms. The van der Waals surface area contributed by atoms with Crippen LogP contribution in [0.2, 0.25) is 0 Å². The number of ketones is 1. The van der Waals surface area contributed by atoms with Crippen molar-refractivity contribution < 1.29 is 43.5 Å². The van der Waals surface area contributed by atoms with Crippen molar-refractivity contribution in [2.24, 2.45) is 11.8 Å². The fourth-order valence-corrected chi connectivity index (χ4v) is 3.35. The van der Waals surface area contributed by atoms with E-state index >= 15 is 0 Å². The average Bonchev–Trinajstić information content (AvgIpc) is 2.77. The number of aliphatic hydroxyl groups excluding tert-OH is 2. The van der Waals surface area contributed by atoms with Gasteiger partial charge in [0.2, 0.25) is 0 Å². The Morgan fingerprint density at radius 2 is 1.81 bits per heavy atom. The molecule has 0 saturated carbocycles. The lowest BCUT2D eigenvalue weighted by atomic mass is 9.89.